The highest BCUT2D eigenvalue weighted by Gasteiger charge is 2.21. The number of hydrogen-bond acceptors (Lipinski definition) is 3. The zero-order chi connectivity index (χ0) is 18.5. The molecule has 0 aromatic heterocycles. The van der Waals surface area contributed by atoms with Crippen LogP contribution in [0.1, 0.15) is 34.3 Å². The van der Waals surface area contributed by atoms with Crippen molar-refractivity contribution in [2.24, 2.45) is 5.92 Å². The second kappa shape index (κ2) is 8.56. The molecule has 1 N–H and O–H groups in total. The van der Waals surface area contributed by atoms with Gasteiger partial charge in [-0.2, -0.15) is 0 Å². The lowest BCUT2D eigenvalue weighted by Crippen LogP contribution is -2.35. The summed E-state index contributed by atoms with van der Waals surface area (Å²) in [7, 11) is 1.70. The van der Waals surface area contributed by atoms with Crippen LogP contribution in [0, 0.1) is 5.92 Å². The molecule has 138 valence electrons. The van der Waals surface area contributed by atoms with Crippen molar-refractivity contribution in [3.63, 3.8) is 0 Å². The van der Waals surface area contributed by atoms with Gasteiger partial charge in [0.05, 0.1) is 12.7 Å². The number of nitrogens with zero attached hydrogens (tertiary/aromatic N) is 1. The van der Waals surface area contributed by atoms with E-state index in [9.17, 15) is 4.79 Å². The summed E-state index contributed by atoms with van der Waals surface area (Å²) in [5.74, 6) is 0.579. The molecule has 0 radical (unpaired) electrons. The van der Waals surface area contributed by atoms with Crippen molar-refractivity contribution in [2.75, 3.05) is 20.2 Å². The molecule has 1 fully saturated rings. The second-order valence-corrected chi connectivity index (χ2v) is 7.34. The Morgan fingerprint density at radius 1 is 1.27 bits per heavy atom. The van der Waals surface area contributed by atoms with E-state index in [1.54, 1.807) is 19.2 Å². The Bertz CT molecular complexity index is 760. The summed E-state index contributed by atoms with van der Waals surface area (Å²) in [6, 6.07) is 13.0. The van der Waals surface area contributed by atoms with Gasteiger partial charge in [-0.05, 0) is 73.2 Å². The first-order valence-corrected chi connectivity index (χ1v) is 9.30. The standard InChI is InChI=1S/C21H24ClNO3/c1-26-20-9-8-19(22)12-18(20)11-16-3-2-10-23(14-16)13-15-4-6-17(7-5-15)21(24)25/h4-9,12,16H,2-3,10-11,13-14H2,1H3,(H,24,25). The molecule has 1 saturated heterocycles. The minimum atomic E-state index is -0.884. The van der Waals surface area contributed by atoms with Crippen LogP contribution in [0.15, 0.2) is 42.5 Å². The fourth-order valence-electron chi connectivity index (χ4n) is 3.69. The van der Waals surface area contributed by atoms with Crippen molar-refractivity contribution in [1.82, 2.24) is 4.90 Å². The highest BCUT2D eigenvalue weighted by atomic mass is 35.5. The van der Waals surface area contributed by atoms with Crippen LogP contribution in [0.5, 0.6) is 5.75 Å². The lowest BCUT2D eigenvalue weighted by atomic mass is 9.90. The number of carboxylic acid groups (broad SMARTS) is 1. The summed E-state index contributed by atoms with van der Waals surface area (Å²) < 4.78 is 5.47. The van der Waals surface area contributed by atoms with E-state index in [-0.39, 0.29) is 0 Å². The molecule has 0 amide bonds. The SMILES string of the molecule is COc1ccc(Cl)cc1CC1CCCN(Cc2ccc(C(=O)O)cc2)C1. The van der Waals surface area contributed by atoms with Gasteiger partial charge in [0.15, 0.2) is 0 Å². The smallest absolute Gasteiger partial charge is 0.335 e. The van der Waals surface area contributed by atoms with Crippen LogP contribution in [0.4, 0.5) is 0 Å². The fraction of sp³-hybridized carbons (Fsp3) is 0.381. The largest absolute Gasteiger partial charge is 0.496 e. The molecule has 1 heterocycles. The average Bonchev–Trinajstić information content (AvgIpc) is 2.63. The Morgan fingerprint density at radius 3 is 2.73 bits per heavy atom. The Hall–Kier alpha value is -2.04. The molecule has 0 saturated carbocycles. The monoisotopic (exact) mass is 373 g/mol. The Balaban J connectivity index is 1.62. The highest BCUT2D eigenvalue weighted by Crippen LogP contribution is 2.29. The molecule has 0 aliphatic carbocycles. The molecule has 1 aliphatic rings. The number of benzene rings is 2. The number of carboxylic acids is 1. The highest BCUT2D eigenvalue weighted by molar-refractivity contribution is 6.30. The van der Waals surface area contributed by atoms with Crippen molar-refractivity contribution in [3.8, 4) is 5.75 Å². The molecule has 0 spiro atoms. The van der Waals surface area contributed by atoms with Crippen LogP contribution in [-0.4, -0.2) is 36.2 Å². The number of likely N-dealkylation sites (tertiary alicyclic amines) is 1. The van der Waals surface area contributed by atoms with Gasteiger partial charge in [0, 0.05) is 18.1 Å². The van der Waals surface area contributed by atoms with Crippen molar-refractivity contribution in [3.05, 3.63) is 64.2 Å². The first-order chi connectivity index (χ1) is 12.5. The summed E-state index contributed by atoms with van der Waals surface area (Å²) in [4.78, 5) is 13.4. The van der Waals surface area contributed by atoms with Gasteiger partial charge in [-0.25, -0.2) is 4.79 Å². The third-order valence-corrected chi connectivity index (χ3v) is 5.20. The maximum absolute atomic E-state index is 11.0. The first kappa shape index (κ1) is 18.7. The third-order valence-electron chi connectivity index (χ3n) is 4.96. The van der Waals surface area contributed by atoms with E-state index in [0.29, 0.717) is 11.5 Å². The second-order valence-electron chi connectivity index (χ2n) is 6.91. The molecular weight excluding hydrogens is 350 g/mol. The first-order valence-electron chi connectivity index (χ1n) is 8.92. The van der Waals surface area contributed by atoms with Crippen molar-refractivity contribution in [1.29, 1.82) is 0 Å². The van der Waals surface area contributed by atoms with E-state index in [2.05, 4.69) is 4.90 Å². The minimum absolute atomic E-state index is 0.332. The molecule has 1 aliphatic heterocycles. The number of methoxy groups -OCH3 is 1. The number of halogens is 1. The molecule has 26 heavy (non-hydrogen) atoms. The summed E-state index contributed by atoms with van der Waals surface area (Å²) in [6.07, 6.45) is 3.32. The zero-order valence-electron chi connectivity index (χ0n) is 15.0. The molecule has 4 nitrogen and oxygen atoms in total. The maximum Gasteiger partial charge on any atom is 0.335 e. The molecule has 1 unspecified atom stereocenters. The summed E-state index contributed by atoms with van der Waals surface area (Å²) in [6.45, 7) is 2.95. The quantitative estimate of drug-likeness (QED) is 0.809. The van der Waals surface area contributed by atoms with Gasteiger partial charge in [0.1, 0.15) is 5.75 Å². The third kappa shape index (κ3) is 4.77. The normalized spacial score (nSPS) is 17.8. The van der Waals surface area contributed by atoms with Gasteiger partial charge in [-0.1, -0.05) is 23.7 Å². The van der Waals surface area contributed by atoms with Crippen molar-refractivity contribution in [2.45, 2.75) is 25.8 Å². The predicted octanol–water partition coefficient (Wildman–Crippen LogP) is 4.50. The number of hydrogen-bond donors (Lipinski definition) is 1. The van der Waals surface area contributed by atoms with E-state index >= 15 is 0 Å². The lowest BCUT2D eigenvalue weighted by Gasteiger charge is -2.33. The molecule has 5 heteroatoms. The van der Waals surface area contributed by atoms with Crippen LogP contribution in [0.3, 0.4) is 0 Å². The Morgan fingerprint density at radius 2 is 2.04 bits per heavy atom. The van der Waals surface area contributed by atoms with E-state index < -0.39 is 5.97 Å². The summed E-state index contributed by atoms with van der Waals surface area (Å²) in [5.41, 5.74) is 2.65. The predicted molar refractivity (Wildman–Crippen MR) is 103 cm³/mol. The van der Waals surface area contributed by atoms with E-state index in [1.807, 2.05) is 30.3 Å². The van der Waals surface area contributed by atoms with Crippen LogP contribution < -0.4 is 4.74 Å². The number of piperidine rings is 1. The number of rotatable bonds is 6. The van der Waals surface area contributed by atoms with Crippen LogP contribution >= 0.6 is 11.6 Å². The van der Waals surface area contributed by atoms with E-state index in [1.165, 1.54) is 12.8 Å². The molecule has 2 aromatic rings. The molecule has 2 aromatic carbocycles. The molecular formula is C21H24ClNO3. The van der Waals surface area contributed by atoms with Gasteiger partial charge in [-0.15, -0.1) is 0 Å². The van der Waals surface area contributed by atoms with Crippen LogP contribution in [-0.2, 0) is 13.0 Å². The van der Waals surface area contributed by atoms with Crippen molar-refractivity contribution >= 4 is 17.6 Å². The van der Waals surface area contributed by atoms with Gasteiger partial charge in [-0.3, -0.25) is 4.90 Å². The number of carbonyl (C=O) groups is 1. The van der Waals surface area contributed by atoms with Crippen LogP contribution in [0.2, 0.25) is 5.02 Å². The Kier molecular flexibility index (Phi) is 6.17. The van der Waals surface area contributed by atoms with Crippen LogP contribution in [0.25, 0.3) is 0 Å². The van der Waals surface area contributed by atoms with Crippen molar-refractivity contribution < 1.29 is 14.6 Å². The van der Waals surface area contributed by atoms with E-state index in [0.717, 1.165) is 48.0 Å². The molecule has 1 atom stereocenters. The number of ether oxygens (including phenoxy) is 1. The van der Waals surface area contributed by atoms with Gasteiger partial charge < -0.3 is 9.84 Å². The molecule has 0 bridgehead atoms. The van der Waals surface area contributed by atoms with Gasteiger partial charge in [0.25, 0.3) is 0 Å². The molecule has 3 rings (SSSR count). The summed E-state index contributed by atoms with van der Waals surface area (Å²) >= 11 is 6.15. The number of aromatic carboxylic acids is 1. The van der Waals surface area contributed by atoms with Gasteiger partial charge >= 0.3 is 5.97 Å². The summed E-state index contributed by atoms with van der Waals surface area (Å²) in [5, 5.41) is 9.75. The van der Waals surface area contributed by atoms with E-state index in [4.69, 9.17) is 21.4 Å². The minimum Gasteiger partial charge on any atom is -0.496 e. The fourth-order valence-corrected chi connectivity index (χ4v) is 3.88. The lowest BCUT2D eigenvalue weighted by molar-refractivity contribution is 0.0697. The van der Waals surface area contributed by atoms with Gasteiger partial charge in [0.2, 0.25) is 0 Å². The zero-order valence-corrected chi connectivity index (χ0v) is 15.7. The maximum atomic E-state index is 11.0. The average molecular weight is 374 g/mol. The topological polar surface area (TPSA) is 49.8 Å². The Labute approximate surface area is 159 Å².